The zero-order chi connectivity index (χ0) is 13.8. The van der Waals surface area contributed by atoms with Gasteiger partial charge in [-0.25, -0.2) is 4.79 Å². The molecule has 1 aromatic rings. The summed E-state index contributed by atoms with van der Waals surface area (Å²) in [4.78, 5) is 24.4. The third kappa shape index (κ3) is 3.49. The highest BCUT2D eigenvalue weighted by atomic mass is 16.4. The van der Waals surface area contributed by atoms with Gasteiger partial charge in [-0.3, -0.25) is 4.79 Å². The number of piperidine rings is 1. The van der Waals surface area contributed by atoms with E-state index in [2.05, 4.69) is 5.32 Å². The van der Waals surface area contributed by atoms with Crippen LogP contribution in [0.15, 0.2) is 16.5 Å². The molecule has 2 rings (SSSR count). The summed E-state index contributed by atoms with van der Waals surface area (Å²) in [5.41, 5.74) is 0. The molecule has 0 aromatic carbocycles. The van der Waals surface area contributed by atoms with Gasteiger partial charge in [0.15, 0.2) is 0 Å². The first-order valence-corrected chi connectivity index (χ1v) is 6.37. The molecule has 0 bridgehead atoms. The first kappa shape index (κ1) is 13.5. The lowest BCUT2D eigenvalue weighted by atomic mass is 9.99. The molecule has 1 fully saturated rings. The number of aliphatic carboxylic acids is 1. The number of nitrogens with one attached hydrogen (secondary N) is 1. The highest BCUT2D eigenvalue weighted by Gasteiger charge is 2.27. The first-order chi connectivity index (χ1) is 9.06. The molecule has 1 aliphatic heterocycles. The predicted octanol–water partition coefficient (Wildman–Crippen LogP) is 1.59. The number of carbonyl (C=O) groups excluding carboxylic acids is 1. The summed E-state index contributed by atoms with van der Waals surface area (Å²) in [6.07, 6.45) is 1.36. The van der Waals surface area contributed by atoms with Crippen LogP contribution < -0.4 is 5.32 Å². The second kappa shape index (κ2) is 5.77. The van der Waals surface area contributed by atoms with Gasteiger partial charge >= 0.3 is 12.0 Å². The molecule has 1 saturated heterocycles. The molecule has 2 N–H and O–H groups in total. The van der Waals surface area contributed by atoms with Gasteiger partial charge in [-0.15, -0.1) is 0 Å². The Balaban J connectivity index is 1.84. The summed E-state index contributed by atoms with van der Waals surface area (Å²) in [7, 11) is 0. The fourth-order valence-electron chi connectivity index (χ4n) is 2.22. The largest absolute Gasteiger partial charge is 0.481 e. The number of urea groups is 1. The van der Waals surface area contributed by atoms with E-state index in [0.29, 0.717) is 25.3 Å². The number of furan rings is 1. The summed E-state index contributed by atoms with van der Waals surface area (Å²) in [5, 5.41) is 11.7. The topological polar surface area (TPSA) is 82.8 Å². The number of carbonyl (C=O) groups is 2. The van der Waals surface area contributed by atoms with Gasteiger partial charge in [0, 0.05) is 13.1 Å². The Kier molecular flexibility index (Phi) is 4.09. The van der Waals surface area contributed by atoms with Crippen LogP contribution in [0, 0.1) is 12.8 Å². The Morgan fingerprint density at radius 3 is 2.95 bits per heavy atom. The van der Waals surface area contributed by atoms with Crippen LogP contribution in [0.1, 0.15) is 24.4 Å². The zero-order valence-electron chi connectivity index (χ0n) is 10.9. The van der Waals surface area contributed by atoms with Gasteiger partial charge in [0.05, 0.1) is 12.5 Å². The van der Waals surface area contributed by atoms with E-state index in [0.717, 1.165) is 12.2 Å². The highest BCUT2D eigenvalue weighted by Crippen LogP contribution is 2.16. The van der Waals surface area contributed by atoms with Gasteiger partial charge in [-0.05, 0) is 31.9 Å². The smallest absolute Gasteiger partial charge is 0.317 e. The Hall–Kier alpha value is -1.98. The van der Waals surface area contributed by atoms with Gasteiger partial charge in [0.2, 0.25) is 0 Å². The maximum atomic E-state index is 11.9. The molecule has 0 unspecified atom stereocenters. The van der Waals surface area contributed by atoms with Crippen molar-refractivity contribution >= 4 is 12.0 Å². The zero-order valence-corrected chi connectivity index (χ0v) is 10.9. The number of hydrogen-bond acceptors (Lipinski definition) is 3. The number of rotatable bonds is 3. The highest BCUT2D eigenvalue weighted by molar-refractivity contribution is 5.76. The number of hydrogen-bond donors (Lipinski definition) is 2. The SMILES string of the molecule is Cc1ccc(CNC(=O)N2CCC[C@@H](C(=O)O)C2)o1. The monoisotopic (exact) mass is 266 g/mol. The molecule has 2 amide bonds. The normalized spacial score (nSPS) is 19.2. The number of amides is 2. The standard InChI is InChI=1S/C13H18N2O4/c1-9-4-5-11(19-9)7-14-13(18)15-6-2-3-10(8-15)12(16)17/h4-5,10H,2-3,6-8H2,1H3,(H,14,18)(H,16,17)/t10-/m1/s1. The molecular formula is C13H18N2O4. The van der Waals surface area contributed by atoms with E-state index >= 15 is 0 Å². The Bertz CT molecular complexity index is 469. The van der Waals surface area contributed by atoms with E-state index in [-0.39, 0.29) is 12.6 Å². The molecule has 0 aliphatic carbocycles. The average Bonchev–Trinajstić information content (AvgIpc) is 2.82. The molecular weight excluding hydrogens is 248 g/mol. The summed E-state index contributed by atoms with van der Waals surface area (Å²) in [5.74, 6) is 0.204. The third-order valence-corrected chi connectivity index (χ3v) is 3.27. The van der Waals surface area contributed by atoms with E-state index in [1.54, 1.807) is 4.90 Å². The van der Waals surface area contributed by atoms with Gasteiger partial charge in [0.1, 0.15) is 11.5 Å². The molecule has 1 aromatic heterocycles. The summed E-state index contributed by atoms with van der Waals surface area (Å²) >= 11 is 0. The lowest BCUT2D eigenvalue weighted by molar-refractivity contribution is -0.143. The van der Waals surface area contributed by atoms with Crippen LogP contribution in [0.3, 0.4) is 0 Å². The Labute approximate surface area is 111 Å². The van der Waals surface area contributed by atoms with Crippen LogP contribution in [-0.4, -0.2) is 35.1 Å². The Morgan fingerprint density at radius 2 is 2.32 bits per heavy atom. The molecule has 0 saturated carbocycles. The minimum atomic E-state index is -0.834. The van der Waals surface area contributed by atoms with Gasteiger partial charge in [-0.1, -0.05) is 0 Å². The lowest BCUT2D eigenvalue weighted by Gasteiger charge is -2.30. The van der Waals surface area contributed by atoms with Crippen molar-refractivity contribution in [2.75, 3.05) is 13.1 Å². The number of likely N-dealkylation sites (tertiary alicyclic amines) is 1. The van der Waals surface area contributed by atoms with Crippen molar-refractivity contribution in [1.82, 2.24) is 10.2 Å². The molecule has 0 radical (unpaired) electrons. The van der Waals surface area contributed by atoms with E-state index in [1.165, 1.54) is 0 Å². The van der Waals surface area contributed by atoms with Crippen LogP contribution >= 0.6 is 0 Å². The molecule has 1 atom stereocenters. The van der Waals surface area contributed by atoms with Crippen LogP contribution in [0.25, 0.3) is 0 Å². The molecule has 19 heavy (non-hydrogen) atoms. The number of carboxylic acid groups (broad SMARTS) is 1. The molecule has 104 valence electrons. The summed E-state index contributed by atoms with van der Waals surface area (Å²) < 4.78 is 5.35. The van der Waals surface area contributed by atoms with Gasteiger partial charge < -0.3 is 19.7 Å². The first-order valence-electron chi connectivity index (χ1n) is 6.37. The average molecular weight is 266 g/mol. The molecule has 6 heteroatoms. The lowest BCUT2D eigenvalue weighted by Crippen LogP contribution is -2.46. The van der Waals surface area contributed by atoms with E-state index < -0.39 is 11.9 Å². The van der Waals surface area contributed by atoms with E-state index in [9.17, 15) is 9.59 Å². The van der Waals surface area contributed by atoms with Crippen LogP contribution in [0.5, 0.6) is 0 Å². The minimum absolute atomic E-state index is 0.236. The fraction of sp³-hybridized carbons (Fsp3) is 0.538. The van der Waals surface area contributed by atoms with Crippen molar-refractivity contribution < 1.29 is 19.1 Å². The van der Waals surface area contributed by atoms with E-state index in [4.69, 9.17) is 9.52 Å². The molecule has 1 aliphatic rings. The van der Waals surface area contributed by atoms with Crippen molar-refractivity contribution in [1.29, 1.82) is 0 Å². The van der Waals surface area contributed by atoms with Crippen molar-refractivity contribution in [3.8, 4) is 0 Å². The number of nitrogens with zero attached hydrogens (tertiary/aromatic N) is 1. The Morgan fingerprint density at radius 1 is 1.53 bits per heavy atom. The fourth-order valence-corrected chi connectivity index (χ4v) is 2.22. The van der Waals surface area contributed by atoms with Crippen molar-refractivity contribution in [2.24, 2.45) is 5.92 Å². The summed E-state index contributed by atoms with van der Waals surface area (Å²) in [6.45, 7) is 3.04. The maximum absolute atomic E-state index is 11.9. The van der Waals surface area contributed by atoms with Crippen LogP contribution in [0.2, 0.25) is 0 Å². The van der Waals surface area contributed by atoms with Crippen molar-refractivity contribution in [2.45, 2.75) is 26.3 Å². The number of aryl methyl sites for hydroxylation is 1. The second-order valence-electron chi connectivity index (χ2n) is 4.79. The number of carboxylic acids is 1. The second-order valence-corrected chi connectivity index (χ2v) is 4.79. The third-order valence-electron chi connectivity index (χ3n) is 3.27. The minimum Gasteiger partial charge on any atom is -0.481 e. The van der Waals surface area contributed by atoms with Crippen molar-refractivity contribution in [3.05, 3.63) is 23.7 Å². The van der Waals surface area contributed by atoms with Gasteiger partial charge in [-0.2, -0.15) is 0 Å². The quantitative estimate of drug-likeness (QED) is 0.870. The molecule has 6 nitrogen and oxygen atoms in total. The predicted molar refractivity (Wildman–Crippen MR) is 67.6 cm³/mol. The maximum Gasteiger partial charge on any atom is 0.317 e. The van der Waals surface area contributed by atoms with E-state index in [1.807, 2.05) is 19.1 Å². The van der Waals surface area contributed by atoms with Crippen LogP contribution in [-0.2, 0) is 11.3 Å². The van der Waals surface area contributed by atoms with Gasteiger partial charge in [0.25, 0.3) is 0 Å². The van der Waals surface area contributed by atoms with Crippen molar-refractivity contribution in [3.63, 3.8) is 0 Å². The summed E-state index contributed by atoms with van der Waals surface area (Å²) in [6, 6.07) is 3.41. The van der Waals surface area contributed by atoms with Crippen LogP contribution in [0.4, 0.5) is 4.79 Å². The molecule has 0 spiro atoms. The molecule has 2 heterocycles.